The van der Waals surface area contributed by atoms with E-state index >= 15 is 0 Å². The Kier molecular flexibility index (Phi) is 2.82. The normalized spacial score (nSPS) is 23.9. The van der Waals surface area contributed by atoms with E-state index in [9.17, 15) is 13.2 Å². The Morgan fingerprint density at radius 1 is 1.42 bits per heavy atom. The summed E-state index contributed by atoms with van der Waals surface area (Å²) in [6.07, 6.45) is -4.53. The van der Waals surface area contributed by atoms with Gasteiger partial charge in [-0.2, -0.15) is 18.2 Å². The van der Waals surface area contributed by atoms with E-state index in [2.05, 4.69) is 20.4 Å². The van der Waals surface area contributed by atoms with Crippen molar-refractivity contribution in [2.75, 3.05) is 13.1 Å². The highest BCUT2D eigenvalue weighted by atomic mass is 32.1. The average molecular weight is 290 g/mol. The van der Waals surface area contributed by atoms with E-state index in [0.29, 0.717) is 5.69 Å². The predicted octanol–water partition coefficient (Wildman–Crippen LogP) is 1.99. The maximum absolute atomic E-state index is 13.3. The average Bonchev–Trinajstić information content (AvgIpc) is 3.10. The fourth-order valence-electron chi connectivity index (χ4n) is 2.08. The predicted molar refractivity (Wildman–Crippen MR) is 60.6 cm³/mol. The topological polar surface area (TPSA) is 63.8 Å². The number of thiazole rings is 1. The Bertz CT molecular complexity index is 560. The Labute approximate surface area is 109 Å². The summed E-state index contributed by atoms with van der Waals surface area (Å²) < 4.78 is 44.7. The van der Waals surface area contributed by atoms with Gasteiger partial charge in [-0.25, -0.2) is 4.98 Å². The minimum atomic E-state index is -4.43. The van der Waals surface area contributed by atoms with E-state index in [4.69, 9.17) is 4.52 Å². The molecule has 0 saturated carbocycles. The summed E-state index contributed by atoms with van der Waals surface area (Å²) in [6, 6.07) is 0. The van der Waals surface area contributed by atoms with E-state index in [1.54, 1.807) is 10.9 Å². The van der Waals surface area contributed by atoms with Crippen LogP contribution in [0.15, 0.2) is 15.4 Å². The lowest BCUT2D eigenvalue weighted by Gasteiger charge is -2.26. The third-order valence-electron chi connectivity index (χ3n) is 3.19. The summed E-state index contributed by atoms with van der Waals surface area (Å²) >= 11 is 1.31. The standard InChI is InChI=1S/C10H9F3N4OS/c11-10(12,13)9(1-2-14-4-9)8-16-7(17-18-8)6-3-19-5-15-6/h3,5,14H,1-2,4H2. The third-order valence-corrected chi connectivity index (χ3v) is 3.78. The molecule has 102 valence electrons. The van der Waals surface area contributed by atoms with Crippen molar-refractivity contribution in [2.24, 2.45) is 0 Å². The van der Waals surface area contributed by atoms with Crippen LogP contribution in [0.1, 0.15) is 12.3 Å². The van der Waals surface area contributed by atoms with Crippen molar-refractivity contribution >= 4 is 11.3 Å². The first kappa shape index (κ1) is 12.5. The molecule has 0 aromatic carbocycles. The molecule has 3 rings (SSSR count). The molecule has 0 aliphatic carbocycles. The second-order valence-electron chi connectivity index (χ2n) is 4.30. The second kappa shape index (κ2) is 4.27. The molecule has 2 aromatic rings. The lowest BCUT2D eigenvalue weighted by atomic mass is 9.86. The lowest BCUT2D eigenvalue weighted by Crippen LogP contribution is -2.44. The molecule has 3 heterocycles. The maximum Gasteiger partial charge on any atom is 0.404 e. The van der Waals surface area contributed by atoms with Crippen molar-refractivity contribution in [3.8, 4) is 11.5 Å². The van der Waals surface area contributed by atoms with Crippen molar-refractivity contribution in [3.05, 3.63) is 16.8 Å². The van der Waals surface area contributed by atoms with Crippen molar-refractivity contribution in [1.29, 1.82) is 0 Å². The molecule has 1 aliphatic heterocycles. The van der Waals surface area contributed by atoms with Crippen LogP contribution in [0.25, 0.3) is 11.5 Å². The molecule has 1 fully saturated rings. The molecule has 1 aliphatic rings. The molecule has 5 nitrogen and oxygen atoms in total. The molecule has 9 heteroatoms. The molecular weight excluding hydrogens is 281 g/mol. The Balaban J connectivity index is 2.01. The van der Waals surface area contributed by atoms with Gasteiger partial charge in [-0.15, -0.1) is 11.3 Å². The highest BCUT2D eigenvalue weighted by Crippen LogP contribution is 2.44. The van der Waals surface area contributed by atoms with Crippen LogP contribution < -0.4 is 5.32 Å². The molecular formula is C10H9F3N4OS. The van der Waals surface area contributed by atoms with Gasteiger partial charge < -0.3 is 9.84 Å². The van der Waals surface area contributed by atoms with Crippen LogP contribution in [0, 0.1) is 0 Å². The number of nitrogens with zero attached hydrogens (tertiary/aromatic N) is 3. The Hall–Kier alpha value is -1.48. The molecule has 0 amide bonds. The van der Waals surface area contributed by atoms with Gasteiger partial charge in [0, 0.05) is 11.9 Å². The summed E-state index contributed by atoms with van der Waals surface area (Å²) in [4.78, 5) is 7.83. The molecule has 1 saturated heterocycles. The van der Waals surface area contributed by atoms with Crippen LogP contribution in [0.4, 0.5) is 13.2 Å². The van der Waals surface area contributed by atoms with Gasteiger partial charge in [0.15, 0.2) is 5.41 Å². The molecule has 0 radical (unpaired) electrons. The lowest BCUT2D eigenvalue weighted by molar-refractivity contribution is -0.191. The Morgan fingerprint density at radius 3 is 2.84 bits per heavy atom. The van der Waals surface area contributed by atoms with E-state index < -0.39 is 17.5 Å². The second-order valence-corrected chi connectivity index (χ2v) is 5.02. The summed E-state index contributed by atoms with van der Waals surface area (Å²) in [6.45, 7) is 0.0309. The van der Waals surface area contributed by atoms with Crippen LogP contribution in [-0.4, -0.2) is 34.4 Å². The minimum Gasteiger partial charge on any atom is -0.338 e. The first-order valence-electron chi connectivity index (χ1n) is 5.53. The monoisotopic (exact) mass is 290 g/mol. The molecule has 19 heavy (non-hydrogen) atoms. The van der Waals surface area contributed by atoms with Gasteiger partial charge in [-0.05, 0) is 13.0 Å². The van der Waals surface area contributed by atoms with Crippen LogP contribution in [0.5, 0.6) is 0 Å². The van der Waals surface area contributed by atoms with Gasteiger partial charge in [-0.3, -0.25) is 0 Å². The summed E-state index contributed by atoms with van der Waals surface area (Å²) in [5.74, 6) is -0.306. The Morgan fingerprint density at radius 2 is 2.26 bits per heavy atom. The van der Waals surface area contributed by atoms with Crippen LogP contribution in [0.2, 0.25) is 0 Å². The molecule has 2 aromatic heterocycles. The largest absolute Gasteiger partial charge is 0.404 e. The summed E-state index contributed by atoms with van der Waals surface area (Å²) in [7, 11) is 0. The molecule has 0 bridgehead atoms. The smallest absolute Gasteiger partial charge is 0.338 e. The zero-order valence-electron chi connectivity index (χ0n) is 9.57. The van der Waals surface area contributed by atoms with Crippen molar-refractivity contribution in [1.82, 2.24) is 20.4 Å². The molecule has 1 unspecified atom stereocenters. The van der Waals surface area contributed by atoms with Crippen LogP contribution in [0.3, 0.4) is 0 Å². The number of halogens is 3. The summed E-state index contributed by atoms with van der Waals surface area (Å²) in [5.41, 5.74) is -0.112. The first-order chi connectivity index (χ1) is 9.03. The number of alkyl halides is 3. The fraction of sp³-hybridized carbons (Fsp3) is 0.500. The first-order valence-corrected chi connectivity index (χ1v) is 6.47. The number of hydrogen-bond acceptors (Lipinski definition) is 6. The molecule has 0 spiro atoms. The third kappa shape index (κ3) is 1.93. The molecule has 1 N–H and O–H groups in total. The number of aromatic nitrogens is 3. The zero-order chi connectivity index (χ0) is 13.5. The fourth-order valence-corrected chi connectivity index (χ4v) is 2.61. The zero-order valence-corrected chi connectivity index (χ0v) is 10.4. The van der Waals surface area contributed by atoms with E-state index in [1.807, 2.05) is 0 Å². The SMILES string of the molecule is FC(F)(F)C1(c2nc(-c3cscn3)no2)CCNC1. The van der Waals surface area contributed by atoms with E-state index in [-0.39, 0.29) is 25.3 Å². The van der Waals surface area contributed by atoms with Gasteiger partial charge in [0.1, 0.15) is 5.69 Å². The van der Waals surface area contributed by atoms with E-state index in [0.717, 1.165) is 0 Å². The van der Waals surface area contributed by atoms with Gasteiger partial charge in [0.2, 0.25) is 11.7 Å². The van der Waals surface area contributed by atoms with Gasteiger partial charge in [0.25, 0.3) is 0 Å². The van der Waals surface area contributed by atoms with Gasteiger partial charge in [0.05, 0.1) is 5.51 Å². The molecule has 1 atom stereocenters. The van der Waals surface area contributed by atoms with Crippen LogP contribution in [-0.2, 0) is 5.41 Å². The van der Waals surface area contributed by atoms with Crippen LogP contribution >= 0.6 is 11.3 Å². The maximum atomic E-state index is 13.3. The van der Waals surface area contributed by atoms with Crippen molar-refractivity contribution < 1.29 is 17.7 Å². The highest BCUT2D eigenvalue weighted by molar-refractivity contribution is 7.07. The number of nitrogens with one attached hydrogen (secondary N) is 1. The van der Waals surface area contributed by atoms with Crippen molar-refractivity contribution in [2.45, 2.75) is 18.0 Å². The van der Waals surface area contributed by atoms with Crippen molar-refractivity contribution in [3.63, 3.8) is 0 Å². The quantitative estimate of drug-likeness (QED) is 0.916. The highest BCUT2D eigenvalue weighted by Gasteiger charge is 2.61. The van der Waals surface area contributed by atoms with Gasteiger partial charge in [-0.1, -0.05) is 5.16 Å². The summed E-state index contributed by atoms with van der Waals surface area (Å²) in [5, 5.41) is 7.95. The number of hydrogen-bond donors (Lipinski definition) is 1. The minimum absolute atomic E-state index is 0.0896. The van der Waals surface area contributed by atoms with Gasteiger partial charge >= 0.3 is 6.18 Å². The number of rotatable bonds is 2. The van der Waals surface area contributed by atoms with E-state index in [1.165, 1.54) is 11.3 Å².